The van der Waals surface area contributed by atoms with Crippen molar-refractivity contribution in [2.75, 3.05) is 13.4 Å². The molecule has 2 atom stereocenters. The number of hydrogen-bond acceptors (Lipinski definition) is 3. The Morgan fingerprint density at radius 1 is 1.44 bits per heavy atom. The van der Waals surface area contributed by atoms with Gasteiger partial charge in [-0.05, 0) is 44.0 Å². The van der Waals surface area contributed by atoms with E-state index in [1.807, 2.05) is 0 Å². The molecule has 0 saturated carbocycles. The first-order valence-corrected chi connectivity index (χ1v) is 8.79. The zero-order chi connectivity index (χ0) is 19.8. The first-order valence-electron chi connectivity index (χ1n) is 8.79. The predicted molar refractivity (Wildman–Crippen MR) is 97.5 cm³/mol. The number of hydrogen-bond donors (Lipinski definition) is 0. The molecule has 2 aliphatic heterocycles. The highest BCUT2D eigenvalue weighted by Gasteiger charge is 2.50. The van der Waals surface area contributed by atoms with Gasteiger partial charge < -0.3 is 9.47 Å². The van der Waals surface area contributed by atoms with E-state index >= 15 is 0 Å². The summed E-state index contributed by atoms with van der Waals surface area (Å²) in [5, 5.41) is 0. The van der Waals surface area contributed by atoms with Crippen molar-refractivity contribution in [1.29, 1.82) is 0 Å². The average molecular weight is 375 g/mol. The molecule has 0 aliphatic carbocycles. The summed E-state index contributed by atoms with van der Waals surface area (Å²) in [4.78, 5) is 14.7. The van der Waals surface area contributed by atoms with Gasteiger partial charge in [0.05, 0.1) is 23.8 Å². The smallest absolute Gasteiger partial charge is 0.237 e. The van der Waals surface area contributed by atoms with E-state index in [-0.39, 0.29) is 25.0 Å². The number of benzene rings is 1. The van der Waals surface area contributed by atoms with Crippen LogP contribution in [0.3, 0.4) is 0 Å². The van der Waals surface area contributed by atoms with Crippen molar-refractivity contribution in [1.82, 2.24) is 4.90 Å². The predicted octanol–water partition coefficient (Wildman–Crippen LogP) is 4.42. The van der Waals surface area contributed by atoms with Crippen molar-refractivity contribution in [3.8, 4) is 0 Å². The number of ether oxygens (including phenoxy) is 2. The minimum Gasteiger partial charge on any atom is -0.353 e. The highest BCUT2D eigenvalue weighted by Crippen LogP contribution is 2.48. The molecular formula is C21H23F2NO3. The summed E-state index contributed by atoms with van der Waals surface area (Å²) < 4.78 is 39.4. The van der Waals surface area contributed by atoms with Gasteiger partial charge in [-0.15, -0.1) is 0 Å². The van der Waals surface area contributed by atoms with Gasteiger partial charge in [0.1, 0.15) is 24.5 Å². The highest BCUT2D eigenvalue weighted by molar-refractivity contribution is 5.93. The van der Waals surface area contributed by atoms with Crippen LogP contribution in [-0.4, -0.2) is 30.3 Å². The monoisotopic (exact) mass is 375 g/mol. The molecule has 1 amide bonds. The maximum absolute atomic E-state index is 14.6. The summed E-state index contributed by atoms with van der Waals surface area (Å²) in [6, 6.07) is 5.17. The fourth-order valence-electron chi connectivity index (χ4n) is 3.69. The number of amides is 1. The van der Waals surface area contributed by atoms with E-state index in [9.17, 15) is 13.6 Å². The number of allylic oxidation sites excluding steroid dienone is 3. The van der Waals surface area contributed by atoms with Crippen molar-refractivity contribution >= 4 is 5.91 Å². The van der Waals surface area contributed by atoms with Crippen molar-refractivity contribution in [3.63, 3.8) is 0 Å². The summed E-state index contributed by atoms with van der Waals surface area (Å²) in [6.45, 7) is 9.00. The molecule has 1 fully saturated rings. The van der Waals surface area contributed by atoms with Crippen molar-refractivity contribution in [2.24, 2.45) is 5.41 Å². The maximum atomic E-state index is 14.6. The molecule has 144 valence electrons. The molecule has 0 radical (unpaired) electrons. The number of nitrogens with zero attached hydrogens (tertiary/aromatic N) is 1. The van der Waals surface area contributed by atoms with Gasteiger partial charge in [0.15, 0.2) is 0 Å². The third-order valence-electron chi connectivity index (χ3n) is 4.98. The lowest BCUT2D eigenvalue weighted by atomic mass is 9.84. The van der Waals surface area contributed by atoms with Crippen LogP contribution in [0.4, 0.5) is 8.78 Å². The molecule has 1 aromatic rings. The van der Waals surface area contributed by atoms with Crippen LogP contribution < -0.4 is 0 Å². The Labute approximate surface area is 157 Å². The number of carbonyl (C=O) groups excluding carboxylic acids is 1. The topological polar surface area (TPSA) is 38.8 Å². The molecule has 6 heteroatoms. The van der Waals surface area contributed by atoms with Gasteiger partial charge in [0.25, 0.3) is 0 Å². The lowest BCUT2D eigenvalue weighted by Crippen LogP contribution is -2.42. The normalized spacial score (nSPS) is 23.5. The molecule has 0 N–H and O–H groups in total. The number of halogens is 2. The van der Waals surface area contributed by atoms with Crippen LogP contribution in [0.15, 0.2) is 60.1 Å². The van der Waals surface area contributed by atoms with Crippen LogP contribution >= 0.6 is 0 Å². The molecule has 1 saturated heterocycles. The van der Waals surface area contributed by atoms with E-state index in [1.54, 1.807) is 45.1 Å². The largest absolute Gasteiger partial charge is 0.353 e. The third kappa shape index (κ3) is 3.35. The van der Waals surface area contributed by atoms with E-state index in [4.69, 9.17) is 9.47 Å². The zero-order valence-corrected chi connectivity index (χ0v) is 15.7. The lowest BCUT2D eigenvalue weighted by molar-refractivity contribution is -0.138. The molecular weight excluding hydrogens is 352 g/mol. The summed E-state index contributed by atoms with van der Waals surface area (Å²) in [5.74, 6) is -1.46. The van der Waals surface area contributed by atoms with Crippen LogP contribution in [0.2, 0.25) is 0 Å². The van der Waals surface area contributed by atoms with Gasteiger partial charge in [-0.3, -0.25) is 9.69 Å². The molecule has 0 spiro atoms. The van der Waals surface area contributed by atoms with E-state index in [0.717, 1.165) is 0 Å². The van der Waals surface area contributed by atoms with Crippen LogP contribution in [0.25, 0.3) is 0 Å². The Kier molecular flexibility index (Phi) is 5.31. The van der Waals surface area contributed by atoms with Gasteiger partial charge in [-0.2, -0.15) is 0 Å². The third-order valence-corrected chi connectivity index (χ3v) is 4.98. The zero-order valence-electron chi connectivity index (χ0n) is 15.7. The lowest BCUT2D eigenvalue weighted by Gasteiger charge is -2.34. The van der Waals surface area contributed by atoms with Gasteiger partial charge >= 0.3 is 0 Å². The SMILES string of the molecule is C=C(F)C1=C(/C=C\C)C(C)(C)C(=O)N1C(c1cccc(F)c1)C1COCO1. The molecule has 4 nitrogen and oxygen atoms in total. The van der Waals surface area contributed by atoms with Crippen LogP contribution in [0, 0.1) is 11.2 Å². The van der Waals surface area contributed by atoms with E-state index in [0.29, 0.717) is 11.1 Å². The van der Waals surface area contributed by atoms with Crippen molar-refractivity contribution < 1.29 is 23.0 Å². The van der Waals surface area contributed by atoms with E-state index in [2.05, 4.69) is 6.58 Å². The highest BCUT2D eigenvalue weighted by atomic mass is 19.1. The Balaban J connectivity index is 2.20. The fraction of sp³-hybridized carbons (Fsp3) is 0.381. The van der Waals surface area contributed by atoms with Gasteiger partial charge in [0.2, 0.25) is 5.91 Å². The van der Waals surface area contributed by atoms with Gasteiger partial charge in [0, 0.05) is 0 Å². The molecule has 1 aromatic carbocycles. The number of rotatable bonds is 5. The molecule has 2 heterocycles. The van der Waals surface area contributed by atoms with Crippen LogP contribution in [0.5, 0.6) is 0 Å². The summed E-state index contributed by atoms with van der Waals surface area (Å²) >= 11 is 0. The Morgan fingerprint density at radius 2 is 2.19 bits per heavy atom. The molecule has 0 aromatic heterocycles. The maximum Gasteiger partial charge on any atom is 0.237 e. The fourth-order valence-corrected chi connectivity index (χ4v) is 3.69. The van der Waals surface area contributed by atoms with Gasteiger partial charge in [-0.1, -0.05) is 30.9 Å². The minimum absolute atomic E-state index is 0.0687. The Hall–Kier alpha value is -2.31. The first kappa shape index (κ1) is 19.5. The van der Waals surface area contributed by atoms with E-state index < -0.39 is 29.2 Å². The average Bonchev–Trinajstić information content (AvgIpc) is 3.19. The Bertz CT molecular complexity index is 822. The molecule has 27 heavy (non-hydrogen) atoms. The van der Waals surface area contributed by atoms with Gasteiger partial charge in [-0.25, -0.2) is 8.78 Å². The van der Waals surface area contributed by atoms with Crippen molar-refractivity contribution in [3.05, 3.63) is 71.5 Å². The first-order chi connectivity index (χ1) is 12.8. The standard InChI is InChI=1S/C21H23F2NO3/c1-5-7-16-18(13(2)22)24(20(25)21(16,3)4)19(17-11-26-12-27-17)14-8-6-9-15(23)10-14/h5-10,17,19H,2,11-12H2,1,3-4H3/b7-5-. The minimum atomic E-state index is -0.956. The Morgan fingerprint density at radius 3 is 2.74 bits per heavy atom. The van der Waals surface area contributed by atoms with E-state index in [1.165, 1.54) is 17.0 Å². The van der Waals surface area contributed by atoms with Crippen molar-refractivity contribution in [2.45, 2.75) is 32.9 Å². The molecule has 2 aliphatic rings. The number of carbonyl (C=O) groups is 1. The van der Waals surface area contributed by atoms with Crippen LogP contribution in [-0.2, 0) is 14.3 Å². The molecule has 0 bridgehead atoms. The summed E-state index contributed by atoms with van der Waals surface area (Å²) in [6.07, 6.45) is 2.92. The van der Waals surface area contributed by atoms with Crippen LogP contribution in [0.1, 0.15) is 32.4 Å². The second-order valence-electron chi connectivity index (χ2n) is 7.16. The quantitative estimate of drug-likeness (QED) is 0.765. The molecule has 2 unspecified atom stereocenters. The summed E-state index contributed by atoms with van der Waals surface area (Å²) in [5.41, 5.74) is 0.188. The second-order valence-corrected chi connectivity index (χ2v) is 7.16. The summed E-state index contributed by atoms with van der Waals surface area (Å²) in [7, 11) is 0. The second kappa shape index (κ2) is 7.37. The molecule has 3 rings (SSSR count).